The molecule has 1 atom stereocenters. The van der Waals surface area contributed by atoms with Crippen molar-refractivity contribution in [3.05, 3.63) is 94.8 Å². The standard InChI is InChI=1S/C29H30ClF4N3O4S/c1-3-4-16-35-28(39)20(2)36(18-21-10-8-9-13-26(21)31)27(38)19-37(42(40,41)23-11-6-5-7-12-23)22-14-15-25(30)24(17-22)29(32,33)34/h5-15,17,20H,3-4,16,18-19H2,1-2H3,(H,35,39)/t20-/m1/s1. The van der Waals surface area contributed by atoms with Crippen LogP contribution in [-0.4, -0.2) is 44.3 Å². The van der Waals surface area contributed by atoms with Crippen LogP contribution in [0.25, 0.3) is 0 Å². The molecule has 0 aliphatic heterocycles. The first-order chi connectivity index (χ1) is 19.8. The fourth-order valence-electron chi connectivity index (χ4n) is 4.06. The zero-order valence-corrected chi connectivity index (χ0v) is 24.4. The van der Waals surface area contributed by atoms with Gasteiger partial charge >= 0.3 is 6.18 Å². The minimum atomic E-state index is -4.92. The van der Waals surface area contributed by atoms with Crippen molar-refractivity contribution >= 4 is 39.1 Å². The number of hydrogen-bond acceptors (Lipinski definition) is 4. The predicted octanol–water partition coefficient (Wildman–Crippen LogP) is 6.03. The second-order valence-corrected chi connectivity index (χ2v) is 11.7. The summed E-state index contributed by atoms with van der Waals surface area (Å²) < 4.78 is 83.7. The first kappa shape index (κ1) is 32.9. The molecule has 0 aliphatic carbocycles. The lowest BCUT2D eigenvalue weighted by atomic mass is 10.1. The van der Waals surface area contributed by atoms with Crippen molar-refractivity contribution in [2.24, 2.45) is 0 Å². The molecule has 42 heavy (non-hydrogen) atoms. The van der Waals surface area contributed by atoms with Gasteiger partial charge in [-0.2, -0.15) is 13.2 Å². The maximum atomic E-state index is 14.6. The Morgan fingerprint density at radius 2 is 1.64 bits per heavy atom. The maximum absolute atomic E-state index is 14.6. The number of amides is 2. The Labute approximate surface area is 247 Å². The number of anilines is 1. The minimum Gasteiger partial charge on any atom is -0.354 e. The van der Waals surface area contributed by atoms with Gasteiger partial charge in [0.25, 0.3) is 10.0 Å². The van der Waals surface area contributed by atoms with Crippen LogP contribution in [0.5, 0.6) is 0 Å². The molecule has 3 aromatic carbocycles. The quantitative estimate of drug-likeness (QED) is 0.196. The number of sulfonamides is 1. The number of carbonyl (C=O) groups excluding carboxylic acids is 2. The highest BCUT2D eigenvalue weighted by Crippen LogP contribution is 2.38. The molecule has 0 aromatic heterocycles. The number of benzene rings is 3. The van der Waals surface area contributed by atoms with Crippen LogP contribution in [0, 0.1) is 5.82 Å². The van der Waals surface area contributed by atoms with Gasteiger partial charge in [-0.25, -0.2) is 12.8 Å². The third-order valence-electron chi connectivity index (χ3n) is 6.45. The largest absolute Gasteiger partial charge is 0.417 e. The number of hydrogen-bond donors (Lipinski definition) is 1. The molecule has 0 bridgehead atoms. The monoisotopic (exact) mass is 627 g/mol. The second-order valence-electron chi connectivity index (χ2n) is 9.42. The first-order valence-electron chi connectivity index (χ1n) is 13.0. The highest BCUT2D eigenvalue weighted by Gasteiger charge is 2.37. The van der Waals surface area contributed by atoms with E-state index < -0.39 is 69.2 Å². The molecular formula is C29H30ClF4N3O4S. The number of rotatable bonds is 12. The predicted molar refractivity (Wildman–Crippen MR) is 152 cm³/mol. The molecule has 0 spiro atoms. The van der Waals surface area contributed by atoms with Crippen LogP contribution < -0.4 is 9.62 Å². The van der Waals surface area contributed by atoms with Crippen molar-refractivity contribution in [3.63, 3.8) is 0 Å². The van der Waals surface area contributed by atoms with Gasteiger partial charge in [0.15, 0.2) is 0 Å². The van der Waals surface area contributed by atoms with Gasteiger partial charge in [-0.1, -0.05) is 61.3 Å². The molecule has 2 amide bonds. The Kier molecular flexibility index (Phi) is 11.0. The molecule has 13 heteroatoms. The summed E-state index contributed by atoms with van der Waals surface area (Å²) in [6.45, 7) is 2.26. The van der Waals surface area contributed by atoms with E-state index in [2.05, 4.69) is 5.32 Å². The van der Waals surface area contributed by atoms with Gasteiger partial charge in [-0.3, -0.25) is 13.9 Å². The van der Waals surface area contributed by atoms with Crippen LogP contribution in [0.2, 0.25) is 5.02 Å². The van der Waals surface area contributed by atoms with Crippen LogP contribution in [-0.2, 0) is 32.3 Å². The van der Waals surface area contributed by atoms with Gasteiger partial charge in [0, 0.05) is 18.7 Å². The molecule has 3 aromatic rings. The van der Waals surface area contributed by atoms with Crippen LogP contribution in [0.4, 0.5) is 23.2 Å². The van der Waals surface area contributed by atoms with Crippen molar-refractivity contribution in [3.8, 4) is 0 Å². The molecule has 7 nitrogen and oxygen atoms in total. The third kappa shape index (κ3) is 8.01. The Hall–Kier alpha value is -3.64. The number of carbonyl (C=O) groups is 2. The number of unbranched alkanes of at least 4 members (excludes halogenated alkanes) is 1. The summed E-state index contributed by atoms with van der Waals surface area (Å²) in [6, 6.07) is 13.7. The second kappa shape index (κ2) is 14.0. The Morgan fingerprint density at radius 3 is 2.26 bits per heavy atom. The van der Waals surface area contributed by atoms with E-state index in [0.717, 1.165) is 23.5 Å². The molecule has 3 rings (SSSR count). The molecule has 0 aliphatic rings. The number of halogens is 5. The lowest BCUT2D eigenvalue weighted by Gasteiger charge is -2.32. The van der Waals surface area contributed by atoms with E-state index in [1.807, 2.05) is 6.92 Å². The van der Waals surface area contributed by atoms with Crippen molar-refractivity contribution in [1.82, 2.24) is 10.2 Å². The lowest BCUT2D eigenvalue weighted by Crippen LogP contribution is -2.51. The summed E-state index contributed by atoms with van der Waals surface area (Å²) >= 11 is 5.76. The molecule has 226 valence electrons. The molecule has 0 unspecified atom stereocenters. The maximum Gasteiger partial charge on any atom is 0.417 e. The number of nitrogens with zero attached hydrogens (tertiary/aromatic N) is 2. The average Bonchev–Trinajstić information content (AvgIpc) is 2.95. The molecule has 0 saturated heterocycles. The van der Waals surface area contributed by atoms with Crippen LogP contribution in [0.3, 0.4) is 0 Å². The summed E-state index contributed by atoms with van der Waals surface area (Å²) in [5, 5.41) is 2.03. The number of alkyl halides is 3. The van der Waals surface area contributed by atoms with E-state index in [9.17, 15) is 35.6 Å². The fourth-order valence-corrected chi connectivity index (χ4v) is 5.71. The van der Waals surface area contributed by atoms with Crippen molar-refractivity contribution in [2.45, 2.75) is 50.3 Å². The molecule has 0 saturated carbocycles. The van der Waals surface area contributed by atoms with E-state index in [-0.39, 0.29) is 10.5 Å². The van der Waals surface area contributed by atoms with Crippen molar-refractivity contribution in [1.29, 1.82) is 0 Å². The summed E-state index contributed by atoms with van der Waals surface area (Å²) in [7, 11) is -4.60. The summed E-state index contributed by atoms with van der Waals surface area (Å²) in [6.07, 6.45) is -3.46. The molecule has 0 radical (unpaired) electrons. The van der Waals surface area contributed by atoms with Gasteiger partial charge in [0.05, 0.1) is 21.2 Å². The van der Waals surface area contributed by atoms with Crippen molar-refractivity contribution in [2.75, 3.05) is 17.4 Å². The van der Waals surface area contributed by atoms with E-state index in [4.69, 9.17) is 11.6 Å². The van der Waals surface area contributed by atoms with Crippen LogP contribution >= 0.6 is 11.6 Å². The average molecular weight is 628 g/mol. The Balaban J connectivity index is 2.09. The van der Waals surface area contributed by atoms with E-state index in [1.54, 1.807) is 6.07 Å². The Bertz CT molecular complexity index is 1500. The highest BCUT2D eigenvalue weighted by molar-refractivity contribution is 7.92. The zero-order valence-electron chi connectivity index (χ0n) is 22.9. The molecule has 0 heterocycles. The minimum absolute atomic E-state index is 0.0578. The third-order valence-corrected chi connectivity index (χ3v) is 8.57. The van der Waals surface area contributed by atoms with E-state index in [1.165, 1.54) is 55.5 Å². The van der Waals surface area contributed by atoms with Gasteiger partial charge < -0.3 is 10.2 Å². The van der Waals surface area contributed by atoms with E-state index >= 15 is 0 Å². The van der Waals surface area contributed by atoms with Crippen molar-refractivity contribution < 1.29 is 35.6 Å². The Morgan fingerprint density at radius 1 is 1.00 bits per heavy atom. The van der Waals surface area contributed by atoms with Gasteiger partial charge in [-0.15, -0.1) is 0 Å². The van der Waals surface area contributed by atoms with Crippen LogP contribution in [0.15, 0.2) is 77.7 Å². The molecule has 0 fully saturated rings. The van der Waals surface area contributed by atoms with Gasteiger partial charge in [-0.05, 0) is 49.7 Å². The zero-order chi connectivity index (χ0) is 31.1. The topological polar surface area (TPSA) is 86.8 Å². The fraction of sp³-hybridized carbons (Fsp3) is 0.310. The molecular weight excluding hydrogens is 598 g/mol. The molecule has 1 N–H and O–H groups in total. The summed E-state index contributed by atoms with van der Waals surface area (Å²) in [5.74, 6) is -2.16. The van der Waals surface area contributed by atoms with Gasteiger partial charge in [0.1, 0.15) is 18.4 Å². The van der Waals surface area contributed by atoms with E-state index in [0.29, 0.717) is 23.3 Å². The normalized spacial score (nSPS) is 12.5. The first-order valence-corrected chi connectivity index (χ1v) is 14.8. The highest BCUT2D eigenvalue weighted by atomic mass is 35.5. The number of nitrogens with one attached hydrogen (secondary N) is 1. The smallest absolute Gasteiger partial charge is 0.354 e. The summed E-state index contributed by atoms with van der Waals surface area (Å²) in [4.78, 5) is 27.5. The van der Waals surface area contributed by atoms with Gasteiger partial charge in [0.2, 0.25) is 11.8 Å². The lowest BCUT2D eigenvalue weighted by molar-refractivity contribution is -0.139. The SMILES string of the molecule is CCCCNC(=O)[C@@H](C)N(Cc1ccccc1F)C(=O)CN(c1ccc(Cl)c(C(F)(F)F)c1)S(=O)(=O)c1ccccc1. The van der Waals surface area contributed by atoms with Crippen LogP contribution in [0.1, 0.15) is 37.8 Å². The summed E-state index contributed by atoms with van der Waals surface area (Å²) in [5.41, 5.74) is -1.72.